The van der Waals surface area contributed by atoms with Crippen LogP contribution in [0.1, 0.15) is 25.8 Å². The monoisotopic (exact) mass is 328 g/mol. The van der Waals surface area contributed by atoms with Gasteiger partial charge in [-0.25, -0.2) is 9.37 Å². The van der Waals surface area contributed by atoms with Crippen LogP contribution in [0.2, 0.25) is 0 Å². The van der Waals surface area contributed by atoms with E-state index in [4.69, 9.17) is 5.73 Å². The molecular formula is C13H14BrFN2S. The molecule has 0 radical (unpaired) electrons. The maximum atomic E-state index is 13.2. The van der Waals surface area contributed by atoms with Gasteiger partial charge in [0.25, 0.3) is 0 Å². The van der Waals surface area contributed by atoms with Gasteiger partial charge in [-0.1, -0.05) is 20.8 Å². The van der Waals surface area contributed by atoms with Gasteiger partial charge in [0.15, 0.2) is 0 Å². The van der Waals surface area contributed by atoms with Gasteiger partial charge in [0.2, 0.25) is 0 Å². The summed E-state index contributed by atoms with van der Waals surface area (Å²) in [7, 11) is 0. The Morgan fingerprint density at radius 2 is 2.00 bits per heavy atom. The van der Waals surface area contributed by atoms with Gasteiger partial charge in [-0.2, -0.15) is 0 Å². The molecule has 0 aliphatic rings. The minimum atomic E-state index is -0.288. The summed E-state index contributed by atoms with van der Waals surface area (Å²) in [6.07, 6.45) is 0. The zero-order chi connectivity index (χ0) is 13.5. The molecule has 5 heteroatoms. The molecule has 1 heterocycles. The van der Waals surface area contributed by atoms with E-state index >= 15 is 0 Å². The number of aromatic nitrogens is 1. The SMILES string of the molecule is CC(C)(C)c1nc(-c2ccc(F)c(Br)c2)c(N)s1. The Balaban J connectivity index is 2.51. The number of hydrogen-bond donors (Lipinski definition) is 1. The van der Waals surface area contributed by atoms with Gasteiger partial charge < -0.3 is 5.73 Å². The Labute approximate surface area is 118 Å². The van der Waals surface area contributed by atoms with E-state index in [0.717, 1.165) is 16.3 Å². The van der Waals surface area contributed by atoms with E-state index in [0.29, 0.717) is 9.47 Å². The molecule has 2 nitrogen and oxygen atoms in total. The Kier molecular flexibility index (Phi) is 3.47. The minimum absolute atomic E-state index is 0.0334. The quantitative estimate of drug-likeness (QED) is 0.831. The summed E-state index contributed by atoms with van der Waals surface area (Å²) in [6, 6.07) is 4.81. The average molecular weight is 329 g/mol. The predicted molar refractivity (Wildman–Crippen MR) is 78.3 cm³/mol. The molecule has 96 valence electrons. The summed E-state index contributed by atoms with van der Waals surface area (Å²) in [5, 5.41) is 1.65. The Bertz CT molecular complexity index is 587. The highest BCUT2D eigenvalue weighted by Gasteiger charge is 2.21. The fraction of sp³-hybridized carbons (Fsp3) is 0.308. The summed E-state index contributed by atoms with van der Waals surface area (Å²) in [5.74, 6) is -0.288. The van der Waals surface area contributed by atoms with Crippen LogP contribution < -0.4 is 5.73 Å². The standard InChI is InChI=1S/C13H14BrFN2S/c1-13(2,3)12-17-10(11(16)18-12)7-4-5-9(15)8(14)6-7/h4-6H,16H2,1-3H3. The lowest BCUT2D eigenvalue weighted by molar-refractivity contribution is 0.586. The molecule has 0 amide bonds. The summed E-state index contributed by atoms with van der Waals surface area (Å²) in [5.41, 5.74) is 7.53. The van der Waals surface area contributed by atoms with Crippen LogP contribution >= 0.6 is 27.3 Å². The molecule has 2 N–H and O–H groups in total. The molecule has 0 unspecified atom stereocenters. The van der Waals surface area contributed by atoms with Gasteiger partial charge in [-0.05, 0) is 34.1 Å². The van der Waals surface area contributed by atoms with Crippen molar-refractivity contribution < 1.29 is 4.39 Å². The third-order valence-electron chi connectivity index (χ3n) is 2.49. The zero-order valence-electron chi connectivity index (χ0n) is 10.4. The Hall–Kier alpha value is -0.940. The van der Waals surface area contributed by atoms with Crippen LogP contribution in [0.5, 0.6) is 0 Å². The van der Waals surface area contributed by atoms with E-state index in [1.807, 2.05) is 0 Å². The molecule has 1 aromatic carbocycles. The molecule has 0 spiro atoms. The van der Waals surface area contributed by atoms with E-state index in [9.17, 15) is 4.39 Å². The van der Waals surface area contributed by atoms with Crippen molar-refractivity contribution in [2.24, 2.45) is 0 Å². The molecule has 0 saturated heterocycles. The number of rotatable bonds is 1. The van der Waals surface area contributed by atoms with Crippen LogP contribution in [-0.4, -0.2) is 4.98 Å². The highest BCUT2D eigenvalue weighted by Crippen LogP contribution is 2.37. The van der Waals surface area contributed by atoms with Crippen molar-refractivity contribution in [1.82, 2.24) is 4.98 Å². The first-order valence-corrected chi connectivity index (χ1v) is 7.12. The highest BCUT2D eigenvalue weighted by molar-refractivity contribution is 9.10. The van der Waals surface area contributed by atoms with Crippen molar-refractivity contribution in [3.8, 4) is 11.3 Å². The van der Waals surface area contributed by atoms with E-state index < -0.39 is 0 Å². The zero-order valence-corrected chi connectivity index (χ0v) is 12.8. The molecule has 0 bridgehead atoms. The maximum absolute atomic E-state index is 13.2. The number of thiazole rings is 1. The average Bonchev–Trinajstić information content (AvgIpc) is 2.64. The van der Waals surface area contributed by atoms with Gasteiger partial charge in [0.05, 0.1) is 4.47 Å². The van der Waals surface area contributed by atoms with Crippen molar-refractivity contribution in [2.75, 3.05) is 5.73 Å². The van der Waals surface area contributed by atoms with Crippen molar-refractivity contribution in [3.63, 3.8) is 0 Å². The fourth-order valence-electron chi connectivity index (χ4n) is 1.50. The first-order valence-electron chi connectivity index (χ1n) is 5.51. The smallest absolute Gasteiger partial charge is 0.137 e. The molecule has 0 saturated carbocycles. The lowest BCUT2D eigenvalue weighted by Gasteiger charge is -2.13. The number of anilines is 1. The maximum Gasteiger partial charge on any atom is 0.137 e. The summed E-state index contributed by atoms with van der Waals surface area (Å²) < 4.78 is 13.6. The normalized spacial score (nSPS) is 11.8. The van der Waals surface area contributed by atoms with Crippen LogP contribution in [0.3, 0.4) is 0 Å². The first-order chi connectivity index (χ1) is 8.29. The Morgan fingerprint density at radius 1 is 1.33 bits per heavy atom. The van der Waals surface area contributed by atoms with Gasteiger partial charge >= 0.3 is 0 Å². The van der Waals surface area contributed by atoms with E-state index in [-0.39, 0.29) is 11.2 Å². The fourth-order valence-corrected chi connectivity index (χ4v) is 2.79. The summed E-state index contributed by atoms with van der Waals surface area (Å²) in [4.78, 5) is 4.57. The second-order valence-electron chi connectivity index (χ2n) is 5.11. The molecule has 2 rings (SSSR count). The topological polar surface area (TPSA) is 38.9 Å². The molecule has 0 atom stereocenters. The van der Waals surface area contributed by atoms with Gasteiger partial charge in [-0.3, -0.25) is 0 Å². The number of nitrogens with zero attached hydrogens (tertiary/aromatic N) is 1. The number of nitrogen functional groups attached to an aromatic ring is 1. The van der Waals surface area contributed by atoms with Gasteiger partial charge in [-0.15, -0.1) is 11.3 Å². The lowest BCUT2D eigenvalue weighted by Crippen LogP contribution is -2.10. The van der Waals surface area contributed by atoms with Crippen molar-refractivity contribution in [1.29, 1.82) is 0 Å². The van der Waals surface area contributed by atoms with E-state index in [2.05, 4.69) is 41.7 Å². The third kappa shape index (κ3) is 2.57. The number of hydrogen-bond acceptors (Lipinski definition) is 3. The molecule has 1 aromatic heterocycles. The highest BCUT2D eigenvalue weighted by atomic mass is 79.9. The molecule has 0 aliphatic carbocycles. The molecule has 0 fully saturated rings. The number of benzene rings is 1. The van der Waals surface area contributed by atoms with Gasteiger partial charge in [0, 0.05) is 11.0 Å². The first kappa shape index (κ1) is 13.5. The molecule has 0 aliphatic heterocycles. The van der Waals surface area contributed by atoms with Crippen molar-refractivity contribution in [2.45, 2.75) is 26.2 Å². The third-order valence-corrected chi connectivity index (χ3v) is 4.41. The van der Waals surface area contributed by atoms with E-state index in [1.165, 1.54) is 17.4 Å². The molecule has 18 heavy (non-hydrogen) atoms. The second kappa shape index (κ2) is 4.63. The van der Waals surface area contributed by atoms with Crippen LogP contribution in [0, 0.1) is 5.82 Å². The van der Waals surface area contributed by atoms with Crippen molar-refractivity contribution in [3.05, 3.63) is 33.5 Å². The summed E-state index contributed by atoms with van der Waals surface area (Å²) in [6.45, 7) is 6.28. The Morgan fingerprint density at radius 3 is 2.50 bits per heavy atom. The van der Waals surface area contributed by atoms with Crippen LogP contribution in [0.25, 0.3) is 11.3 Å². The van der Waals surface area contributed by atoms with Gasteiger partial charge in [0.1, 0.15) is 21.5 Å². The van der Waals surface area contributed by atoms with Crippen LogP contribution in [0.4, 0.5) is 9.39 Å². The predicted octanol–water partition coefficient (Wildman–Crippen LogP) is 4.59. The second-order valence-corrected chi connectivity index (χ2v) is 7.00. The number of halogens is 2. The lowest BCUT2D eigenvalue weighted by atomic mass is 9.98. The minimum Gasteiger partial charge on any atom is -0.389 e. The molecular weight excluding hydrogens is 315 g/mol. The largest absolute Gasteiger partial charge is 0.389 e. The van der Waals surface area contributed by atoms with Crippen molar-refractivity contribution >= 4 is 32.3 Å². The number of nitrogens with two attached hydrogens (primary N) is 1. The summed E-state index contributed by atoms with van der Waals surface area (Å²) >= 11 is 4.66. The van der Waals surface area contributed by atoms with Crippen LogP contribution in [0.15, 0.2) is 22.7 Å². The van der Waals surface area contributed by atoms with Crippen LogP contribution in [-0.2, 0) is 5.41 Å². The van der Waals surface area contributed by atoms with E-state index in [1.54, 1.807) is 12.1 Å². The molecule has 2 aromatic rings.